The molecule has 2 aromatic carbocycles. The van der Waals surface area contributed by atoms with E-state index >= 15 is 0 Å². The van der Waals surface area contributed by atoms with E-state index in [4.69, 9.17) is 4.74 Å². The van der Waals surface area contributed by atoms with Crippen molar-refractivity contribution >= 4 is 5.78 Å². The second kappa shape index (κ2) is 5.83. The minimum atomic E-state index is -0.769. The lowest BCUT2D eigenvalue weighted by Crippen LogP contribution is -2.11. The second-order valence-corrected chi connectivity index (χ2v) is 4.07. The molecule has 0 saturated carbocycles. The molecular formula is C16H13NO2. The minimum absolute atomic E-state index is 0.198. The highest BCUT2D eigenvalue weighted by atomic mass is 16.5. The Morgan fingerprint density at radius 1 is 1.11 bits per heavy atom. The first-order valence-electron chi connectivity index (χ1n) is 5.89. The number of hydrogen-bond donors (Lipinski definition) is 0. The molecule has 0 N–H and O–H groups in total. The maximum absolute atomic E-state index is 12.3. The molecule has 0 unspecified atom stereocenters. The molecule has 0 fully saturated rings. The number of ketones is 1. The summed E-state index contributed by atoms with van der Waals surface area (Å²) in [5, 5.41) is 9.22. The fourth-order valence-corrected chi connectivity index (χ4v) is 1.85. The molecule has 19 heavy (non-hydrogen) atoms. The molecule has 0 aromatic heterocycles. The van der Waals surface area contributed by atoms with Crippen LogP contribution < -0.4 is 4.74 Å². The Kier molecular flexibility index (Phi) is 3.94. The summed E-state index contributed by atoms with van der Waals surface area (Å²) in [5.74, 6) is -0.282. The van der Waals surface area contributed by atoms with Gasteiger partial charge in [0.2, 0.25) is 0 Å². The monoisotopic (exact) mass is 251 g/mol. The van der Waals surface area contributed by atoms with Gasteiger partial charge in [0.25, 0.3) is 0 Å². The molecule has 0 aliphatic rings. The molecular weight excluding hydrogens is 238 g/mol. The average molecular weight is 251 g/mol. The topological polar surface area (TPSA) is 50.1 Å². The van der Waals surface area contributed by atoms with Crippen molar-refractivity contribution in [1.29, 1.82) is 5.26 Å². The Labute approximate surface area is 112 Å². The van der Waals surface area contributed by atoms with Crippen molar-refractivity contribution in [3.05, 3.63) is 65.7 Å². The van der Waals surface area contributed by atoms with Crippen LogP contribution >= 0.6 is 0 Å². The Morgan fingerprint density at radius 3 is 2.26 bits per heavy atom. The molecule has 0 spiro atoms. The molecule has 3 heteroatoms. The lowest BCUT2D eigenvalue weighted by Gasteiger charge is -2.09. The Morgan fingerprint density at radius 2 is 1.74 bits per heavy atom. The summed E-state index contributed by atoms with van der Waals surface area (Å²) in [5.41, 5.74) is 1.22. The predicted molar refractivity (Wildman–Crippen MR) is 72.1 cm³/mol. The Hall–Kier alpha value is -2.60. The van der Waals surface area contributed by atoms with Crippen LogP contribution in [0.25, 0.3) is 0 Å². The zero-order valence-electron chi connectivity index (χ0n) is 10.5. The van der Waals surface area contributed by atoms with E-state index in [1.165, 1.54) is 0 Å². The largest absolute Gasteiger partial charge is 0.497 e. The number of Topliss-reactive ketones (excluding diaryl/α,β-unsaturated/α-hetero) is 1. The summed E-state index contributed by atoms with van der Waals surface area (Å²) < 4.78 is 5.04. The third kappa shape index (κ3) is 2.80. The highest BCUT2D eigenvalue weighted by Crippen LogP contribution is 2.21. The van der Waals surface area contributed by atoms with Gasteiger partial charge >= 0.3 is 0 Å². The van der Waals surface area contributed by atoms with E-state index in [0.29, 0.717) is 16.9 Å². The van der Waals surface area contributed by atoms with Gasteiger partial charge in [0, 0.05) is 5.56 Å². The van der Waals surface area contributed by atoms with Crippen molar-refractivity contribution in [1.82, 2.24) is 0 Å². The highest BCUT2D eigenvalue weighted by molar-refractivity contribution is 6.02. The van der Waals surface area contributed by atoms with E-state index in [9.17, 15) is 10.1 Å². The SMILES string of the molecule is COc1ccc(C(=O)[C@@H](C#N)c2ccccc2)cc1. The van der Waals surface area contributed by atoms with E-state index in [1.807, 2.05) is 18.2 Å². The number of rotatable bonds is 4. The van der Waals surface area contributed by atoms with E-state index in [-0.39, 0.29) is 5.78 Å². The van der Waals surface area contributed by atoms with Gasteiger partial charge in [-0.1, -0.05) is 30.3 Å². The number of hydrogen-bond acceptors (Lipinski definition) is 3. The normalized spacial score (nSPS) is 11.4. The van der Waals surface area contributed by atoms with Crippen LogP contribution in [0.4, 0.5) is 0 Å². The van der Waals surface area contributed by atoms with E-state index in [2.05, 4.69) is 6.07 Å². The minimum Gasteiger partial charge on any atom is -0.497 e. The van der Waals surface area contributed by atoms with E-state index < -0.39 is 5.92 Å². The summed E-state index contributed by atoms with van der Waals surface area (Å²) in [7, 11) is 1.57. The first-order chi connectivity index (χ1) is 9.26. The molecule has 0 heterocycles. The number of carbonyl (C=O) groups excluding carboxylic acids is 1. The van der Waals surface area contributed by atoms with Gasteiger partial charge in [0.1, 0.15) is 11.7 Å². The molecule has 0 saturated heterocycles. The summed E-state index contributed by atoms with van der Waals surface area (Å²) in [6.07, 6.45) is 0. The first kappa shape index (κ1) is 12.8. The van der Waals surface area contributed by atoms with Crippen molar-refractivity contribution in [2.75, 3.05) is 7.11 Å². The molecule has 0 aliphatic heterocycles. The summed E-state index contributed by atoms with van der Waals surface area (Å²) in [4.78, 5) is 12.3. The molecule has 0 aliphatic carbocycles. The molecule has 0 radical (unpaired) electrons. The molecule has 2 rings (SSSR count). The van der Waals surface area contributed by atoms with Crippen molar-refractivity contribution in [2.24, 2.45) is 0 Å². The van der Waals surface area contributed by atoms with Crippen LogP contribution in [0.15, 0.2) is 54.6 Å². The third-order valence-corrected chi connectivity index (χ3v) is 2.90. The van der Waals surface area contributed by atoms with Crippen molar-refractivity contribution in [3.63, 3.8) is 0 Å². The highest BCUT2D eigenvalue weighted by Gasteiger charge is 2.21. The Bertz CT molecular complexity index is 597. The molecule has 0 bridgehead atoms. The number of carbonyl (C=O) groups is 1. The fraction of sp³-hybridized carbons (Fsp3) is 0.125. The van der Waals surface area contributed by atoms with Gasteiger partial charge in [-0.05, 0) is 29.8 Å². The number of ether oxygens (including phenoxy) is 1. The number of nitriles is 1. The van der Waals surface area contributed by atoms with Crippen molar-refractivity contribution < 1.29 is 9.53 Å². The number of methoxy groups -OCH3 is 1. The van der Waals surface area contributed by atoms with Crippen molar-refractivity contribution in [3.8, 4) is 11.8 Å². The lowest BCUT2D eigenvalue weighted by molar-refractivity contribution is 0.0979. The lowest BCUT2D eigenvalue weighted by atomic mass is 9.92. The second-order valence-electron chi connectivity index (χ2n) is 4.07. The summed E-state index contributed by atoms with van der Waals surface area (Å²) in [6.45, 7) is 0. The fourth-order valence-electron chi connectivity index (χ4n) is 1.85. The Balaban J connectivity index is 2.29. The predicted octanol–water partition coefficient (Wildman–Crippen LogP) is 3.19. The third-order valence-electron chi connectivity index (χ3n) is 2.90. The van der Waals surface area contributed by atoms with Crippen LogP contribution in [0.1, 0.15) is 21.8 Å². The molecule has 94 valence electrons. The first-order valence-corrected chi connectivity index (χ1v) is 5.89. The summed E-state index contributed by atoms with van der Waals surface area (Å²) >= 11 is 0. The van der Waals surface area contributed by atoms with Crippen LogP contribution in [0.2, 0.25) is 0 Å². The van der Waals surface area contributed by atoms with E-state index in [0.717, 1.165) is 0 Å². The average Bonchev–Trinajstić information content (AvgIpc) is 2.49. The zero-order valence-corrected chi connectivity index (χ0v) is 10.5. The molecule has 1 atom stereocenters. The standard InChI is InChI=1S/C16H13NO2/c1-19-14-9-7-13(8-10-14)16(18)15(11-17)12-5-3-2-4-6-12/h2-10,15H,1H3/t15-/m0/s1. The van der Waals surface area contributed by atoms with Gasteiger partial charge in [-0.25, -0.2) is 0 Å². The number of nitrogens with zero attached hydrogens (tertiary/aromatic N) is 1. The van der Waals surface area contributed by atoms with E-state index in [1.54, 1.807) is 43.5 Å². The molecule has 0 amide bonds. The van der Waals surface area contributed by atoms with Gasteiger partial charge in [0.05, 0.1) is 13.2 Å². The van der Waals surface area contributed by atoms with Crippen LogP contribution in [-0.2, 0) is 0 Å². The maximum Gasteiger partial charge on any atom is 0.184 e. The van der Waals surface area contributed by atoms with Crippen LogP contribution in [0, 0.1) is 11.3 Å². The number of benzene rings is 2. The van der Waals surface area contributed by atoms with Gasteiger partial charge in [-0.15, -0.1) is 0 Å². The molecule has 3 nitrogen and oxygen atoms in total. The van der Waals surface area contributed by atoms with Gasteiger partial charge in [0.15, 0.2) is 5.78 Å². The van der Waals surface area contributed by atoms with Gasteiger partial charge in [-0.3, -0.25) is 4.79 Å². The van der Waals surface area contributed by atoms with Crippen LogP contribution in [0.3, 0.4) is 0 Å². The van der Waals surface area contributed by atoms with Crippen LogP contribution in [-0.4, -0.2) is 12.9 Å². The zero-order chi connectivity index (χ0) is 13.7. The molecule has 2 aromatic rings. The maximum atomic E-state index is 12.3. The quantitative estimate of drug-likeness (QED) is 0.784. The van der Waals surface area contributed by atoms with Gasteiger partial charge in [-0.2, -0.15) is 5.26 Å². The smallest absolute Gasteiger partial charge is 0.184 e. The van der Waals surface area contributed by atoms with Gasteiger partial charge < -0.3 is 4.74 Å². The van der Waals surface area contributed by atoms with Crippen molar-refractivity contribution in [2.45, 2.75) is 5.92 Å². The van der Waals surface area contributed by atoms with Crippen LogP contribution in [0.5, 0.6) is 5.75 Å². The summed E-state index contributed by atoms with van der Waals surface area (Å²) in [6, 6.07) is 17.9.